The molecule has 0 atom stereocenters. The fraction of sp³-hybridized carbons (Fsp3) is 0.778. The Balaban J connectivity index is 0.00000144. The van der Waals surface area contributed by atoms with Crippen LogP contribution in [-0.2, 0) is 0 Å². The van der Waals surface area contributed by atoms with Crippen LogP contribution >= 0.6 is 0 Å². The number of rotatable bonds is 3. The first-order chi connectivity index (χ1) is 5.83. The Kier molecular flexibility index (Phi) is 8.86. The molecule has 0 radical (unpaired) electrons. The second-order valence-electron chi connectivity index (χ2n) is 3.33. The smallest absolute Gasteiger partial charge is 0.699 e. The normalized spacial score (nSPS) is 19.3. The Morgan fingerprint density at radius 1 is 1.38 bits per heavy atom. The third-order valence-corrected chi connectivity index (χ3v) is 2.27. The second-order valence-corrected chi connectivity index (χ2v) is 3.33. The third-order valence-electron chi connectivity index (χ3n) is 2.27. The van der Waals surface area contributed by atoms with Crippen LogP contribution in [0.25, 0.3) is 5.73 Å². The molecule has 0 aliphatic heterocycles. The summed E-state index contributed by atoms with van der Waals surface area (Å²) in [5, 5.41) is 11.7. The fourth-order valence-corrected chi connectivity index (χ4v) is 1.53. The van der Waals surface area contributed by atoms with Crippen LogP contribution in [0.1, 0.15) is 32.1 Å². The first kappa shape index (κ1) is 13.9. The van der Waals surface area contributed by atoms with E-state index < -0.39 is 0 Å². The average Bonchev–Trinajstić information content (AvgIpc) is 2.16. The number of aliphatic hydroxyl groups excluding tert-OH is 1. The summed E-state index contributed by atoms with van der Waals surface area (Å²) in [6.07, 6.45) is 7.95. The molecule has 0 aromatic carbocycles. The van der Waals surface area contributed by atoms with Crippen LogP contribution < -0.4 is 56.7 Å². The summed E-state index contributed by atoms with van der Waals surface area (Å²) >= 11 is 0. The van der Waals surface area contributed by atoms with Gasteiger partial charge in [-0.3, -0.25) is 0 Å². The predicted molar refractivity (Wildman–Crippen MR) is 49.5 cm³/mol. The monoisotopic (exact) mass is 208 g/mol. The number of hydrogen-bond donors (Lipinski definition) is 2. The van der Waals surface area contributed by atoms with Crippen molar-refractivity contribution in [1.82, 2.24) is 5.32 Å². The fourth-order valence-electron chi connectivity index (χ4n) is 1.53. The largest absolute Gasteiger partial charge is 1.00 e. The SMILES string of the molecule is [K+].[NH-]/C(=C\NC1CCCCC1)CO. The van der Waals surface area contributed by atoms with E-state index in [0.29, 0.717) is 6.04 Å². The van der Waals surface area contributed by atoms with Crippen molar-refractivity contribution in [3.05, 3.63) is 17.6 Å². The average molecular weight is 208 g/mol. The van der Waals surface area contributed by atoms with Crippen molar-refractivity contribution in [3.8, 4) is 0 Å². The van der Waals surface area contributed by atoms with E-state index in [1.165, 1.54) is 32.1 Å². The molecule has 0 saturated heterocycles. The molecule has 4 heteroatoms. The first-order valence-electron chi connectivity index (χ1n) is 4.60. The third kappa shape index (κ3) is 6.09. The maximum Gasteiger partial charge on any atom is 1.00 e. The van der Waals surface area contributed by atoms with Gasteiger partial charge in [0.05, 0.1) is 0 Å². The van der Waals surface area contributed by atoms with Gasteiger partial charge < -0.3 is 16.2 Å². The van der Waals surface area contributed by atoms with Gasteiger partial charge in [0.25, 0.3) is 0 Å². The topological polar surface area (TPSA) is 56.1 Å². The summed E-state index contributed by atoms with van der Waals surface area (Å²) in [5.74, 6) is 0. The van der Waals surface area contributed by atoms with Crippen LogP contribution in [0.3, 0.4) is 0 Å². The molecular weight excluding hydrogens is 191 g/mol. The molecule has 0 amide bonds. The summed E-state index contributed by atoms with van der Waals surface area (Å²) in [6.45, 7) is -0.167. The molecule has 0 aromatic rings. The maximum atomic E-state index is 8.57. The van der Waals surface area contributed by atoms with Crippen LogP contribution in [-0.4, -0.2) is 17.8 Å². The second kappa shape index (κ2) is 8.26. The first-order valence-corrected chi connectivity index (χ1v) is 4.60. The molecule has 0 heterocycles. The quantitative estimate of drug-likeness (QED) is 0.572. The van der Waals surface area contributed by atoms with E-state index in [4.69, 9.17) is 10.8 Å². The van der Waals surface area contributed by atoms with Crippen LogP contribution in [0.5, 0.6) is 0 Å². The molecule has 0 bridgehead atoms. The van der Waals surface area contributed by atoms with Gasteiger partial charge in [-0.2, -0.15) is 0 Å². The summed E-state index contributed by atoms with van der Waals surface area (Å²) < 4.78 is 0. The Morgan fingerprint density at radius 2 is 2.00 bits per heavy atom. The molecule has 1 fully saturated rings. The number of hydrogen-bond acceptors (Lipinski definition) is 2. The molecule has 1 aliphatic rings. The molecule has 70 valence electrons. The Hall–Kier alpha value is 0.936. The van der Waals surface area contributed by atoms with Gasteiger partial charge in [0.1, 0.15) is 0 Å². The van der Waals surface area contributed by atoms with E-state index in [1.54, 1.807) is 6.20 Å². The minimum absolute atomic E-state index is 0. The van der Waals surface area contributed by atoms with Gasteiger partial charge in [0, 0.05) is 12.6 Å². The summed E-state index contributed by atoms with van der Waals surface area (Å²) in [4.78, 5) is 0. The van der Waals surface area contributed by atoms with Gasteiger partial charge in [-0.05, 0) is 19.0 Å². The molecular formula is C9H17KN2O. The zero-order chi connectivity index (χ0) is 8.81. The van der Waals surface area contributed by atoms with Crippen molar-refractivity contribution < 1.29 is 56.5 Å². The maximum absolute atomic E-state index is 8.57. The van der Waals surface area contributed by atoms with Gasteiger partial charge in [0.2, 0.25) is 0 Å². The Bertz CT molecular complexity index is 156. The van der Waals surface area contributed by atoms with E-state index in [1.807, 2.05) is 0 Å². The molecule has 3 N–H and O–H groups in total. The van der Waals surface area contributed by atoms with Crippen LogP contribution in [0.15, 0.2) is 11.9 Å². The minimum atomic E-state index is -0.167. The molecule has 1 saturated carbocycles. The molecule has 3 nitrogen and oxygen atoms in total. The van der Waals surface area contributed by atoms with E-state index in [-0.39, 0.29) is 63.7 Å². The summed E-state index contributed by atoms with van der Waals surface area (Å²) in [5.41, 5.74) is 7.45. The molecule has 0 aromatic heterocycles. The zero-order valence-corrected chi connectivity index (χ0v) is 11.5. The van der Waals surface area contributed by atoms with Crippen molar-refractivity contribution in [2.75, 3.05) is 6.61 Å². The van der Waals surface area contributed by atoms with E-state index >= 15 is 0 Å². The standard InChI is InChI=1S/C9H17N2O.K/c10-8(7-12)6-11-9-4-2-1-3-5-9;/h6,9-12H,1-5,7H2;/q-1;+1/b8-6-;. The Labute approximate surface area is 123 Å². The van der Waals surface area contributed by atoms with Gasteiger partial charge in [-0.1, -0.05) is 19.3 Å². The van der Waals surface area contributed by atoms with E-state index in [9.17, 15) is 0 Å². The van der Waals surface area contributed by atoms with Crippen LogP contribution in [0, 0.1) is 0 Å². The van der Waals surface area contributed by atoms with Crippen molar-refractivity contribution in [1.29, 1.82) is 0 Å². The molecule has 13 heavy (non-hydrogen) atoms. The molecule has 0 spiro atoms. The molecule has 1 aliphatic carbocycles. The predicted octanol–water partition coefficient (Wildman–Crippen LogP) is -1.20. The number of nitrogens with one attached hydrogen (secondary N) is 2. The van der Waals surface area contributed by atoms with Crippen LogP contribution in [0.2, 0.25) is 0 Å². The van der Waals surface area contributed by atoms with Crippen LogP contribution in [0.4, 0.5) is 0 Å². The molecule has 0 unspecified atom stereocenters. The van der Waals surface area contributed by atoms with Gasteiger partial charge in [-0.15, -0.1) is 5.70 Å². The zero-order valence-electron chi connectivity index (χ0n) is 8.34. The van der Waals surface area contributed by atoms with Gasteiger partial charge >= 0.3 is 51.4 Å². The van der Waals surface area contributed by atoms with Crippen molar-refractivity contribution in [3.63, 3.8) is 0 Å². The minimum Gasteiger partial charge on any atom is -0.699 e. The van der Waals surface area contributed by atoms with Gasteiger partial charge in [0.15, 0.2) is 0 Å². The summed E-state index contributed by atoms with van der Waals surface area (Å²) in [6, 6.07) is 0.533. The number of aliphatic hydroxyl groups is 1. The van der Waals surface area contributed by atoms with Crippen molar-refractivity contribution >= 4 is 0 Å². The summed E-state index contributed by atoms with van der Waals surface area (Å²) in [7, 11) is 0. The van der Waals surface area contributed by atoms with E-state index in [2.05, 4.69) is 5.32 Å². The van der Waals surface area contributed by atoms with Gasteiger partial charge in [-0.25, -0.2) is 0 Å². The Morgan fingerprint density at radius 3 is 2.54 bits per heavy atom. The van der Waals surface area contributed by atoms with Crippen molar-refractivity contribution in [2.45, 2.75) is 38.1 Å². The van der Waals surface area contributed by atoms with E-state index in [0.717, 1.165) is 0 Å². The van der Waals surface area contributed by atoms with Crippen molar-refractivity contribution in [2.24, 2.45) is 0 Å². The molecule has 1 rings (SSSR count).